The molecule has 0 aliphatic carbocycles. The summed E-state index contributed by atoms with van der Waals surface area (Å²) >= 11 is 13.4. The van der Waals surface area contributed by atoms with Crippen LogP contribution >= 0.6 is 35.0 Å². The van der Waals surface area contributed by atoms with Crippen LogP contribution in [0.5, 0.6) is 0 Å². The van der Waals surface area contributed by atoms with E-state index in [-0.39, 0.29) is 17.3 Å². The number of hydrogen-bond donors (Lipinski definition) is 2. The highest BCUT2D eigenvalue weighted by atomic mass is 35.5. The molecule has 1 heterocycles. The molecule has 2 aromatic carbocycles. The fourth-order valence-corrected chi connectivity index (χ4v) is 3.74. The lowest BCUT2D eigenvalue weighted by atomic mass is 10.2. The molecule has 0 saturated carbocycles. The van der Waals surface area contributed by atoms with Crippen LogP contribution in [0.4, 0.5) is 5.69 Å². The first-order valence-electron chi connectivity index (χ1n) is 7.70. The van der Waals surface area contributed by atoms with E-state index < -0.39 is 0 Å². The first-order valence-corrected chi connectivity index (χ1v) is 9.44. The van der Waals surface area contributed by atoms with Gasteiger partial charge in [-0.2, -0.15) is 0 Å². The van der Waals surface area contributed by atoms with E-state index in [1.807, 2.05) is 13.0 Å². The number of anilines is 1. The van der Waals surface area contributed by atoms with E-state index in [0.29, 0.717) is 21.4 Å². The van der Waals surface area contributed by atoms with Gasteiger partial charge in [-0.05, 0) is 37.3 Å². The third-order valence-corrected chi connectivity index (χ3v) is 5.36. The second-order valence-electron chi connectivity index (χ2n) is 5.50. The minimum atomic E-state index is -0.260. The third-order valence-electron chi connectivity index (χ3n) is 3.63. The van der Waals surface area contributed by atoms with Crippen molar-refractivity contribution < 1.29 is 4.79 Å². The van der Waals surface area contributed by atoms with E-state index in [1.165, 1.54) is 16.3 Å². The Kier molecular flexibility index (Phi) is 5.76. The number of carbonyl (C=O) groups excluding carboxylic acids is 1. The number of aromatic amines is 1. The minimum Gasteiger partial charge on any atom is -0.324 e. The molecule has 0 radical (unpaired) electrons. The number of rotatable bonds is 5. The highest BCUT2D eigenvalue weighted by Crippen LogP contribution is 2.30. The quantitative estimate of drug-likeness (QED) is 0.611. The predicted octanol–water partition coefficient (Wildman–Crippen LogP) is 4.51. The largest absolute Gasteiger partial charge is 0.330 e. The Balaban J connectivity index is 1.76. The van der Waals surface area contributed by atoms with Crippen molar-refractivity contribution in [2.75, 3.05) is 11.1 Å². The Morgan fingerprint density at radius 2 is 2.00 bits per heavy atom. The molecule has 0 aliphatic rings. The van der Waals surface area contributed by atoms with Gasteiger partial charge in [0, 0.05) is 21.8 Å². The van der Waals surface area contributed by atoms with Crippen molar-refractivity contribution in [2.24, 2.45) is 0 Å². The number of hydrogen-bond acceptors (Lipinski definition) is 3. The summed E-state index contributed by atoms with van der Waals surface area (Å²) in [5.74, 6) is -0.0465. The number of benzene rings is 2. The number of aryl methyl sites for hydroxylation is 1. The SMILES string of the molecule is Cc1c[nH]c(=O)n1-c1ccccc1NC(=O)CSc1cc(Cl)ccc1Cl. The Hall–Kier alpha value is -2.15. The Bertz CT molecular complexity index is 1010. The standard InChI is InChI=1S/C18H15Cl2N3O2S/c1-11-9-21-18(25)23(11)15-5-3-2-4-14(15)22-17(24)10-26-16-8-12(19)6-7-13(16)20/h2-9H,10H2,1H3,(H,21,25)(H,22,24). The minimum absolute atomic E-state index is 0.162. The van der Waals surface area contributed by atoms with Crippen LogP contribution < -0.4 is 11.0 Å². The average molecular weight is 408 g/mol. The van der Waals surface area contributed by atoms with E-state index in [9.17, 15) is 9.59 Å². The highest BCUT2D eigenvalue weighted by molar-refractivity contribution is 8.00. The zero-order valence-electron chi connectivity index (χ0n) is 13.8. The van der Waals surface area contributed by atoms with Gasteiger partial charge >= 0.3 is 5.69 Å². The van der Waals surface area contributed by atoms with Gasteiger partial charge in [-0.15, -0.1) is 11.8 Å². The monoisotopic (exact) mass is 407 g/mol. The molecule has 2 N–H and O–H groups in total. The molecule has 8 heteroatoms. The Morgan fingerprint density at radius 1 is 1.23 bits per heavy atom. The summed E-state index contributed by atoms with van der Waals surface area (Å²) in [6.07, 6.45) is 1.62. The van der Waals surface area contributed by atoms with Gasteiger partial charge in [0.1, 0.15) is 0 Å². The van der Waals surface area contributed by atoms with Gasteiger partial charge in [-0.3, -0.25) is 9.36 Å². The number of aromatic nitrogens is 2. The second kappa shape index (κ2) is 8.03. The summed E-state index contributed by atoms with van der Waals surface area (Å²) in [4.78, 5) is 27.8. The van der Waals surface area contributed by atoms with Crippen LogP contribution in [0.2, 0.25) is 10.0 Å². The van der Waals surface area contributed by atoms with Gasteiger partial charge in [0.05, 0.1) is 22.2 Å². The maximum absolute atomic E-state index is 12.4. The lowest BCUT2D eigenvalue weighted by Gasteiger charge is -2.12. The lowest BCUT2D eigenvalue weighted by molar-refractivity contribution is -0.113. The molecular weight excluding hydrogens is 393 g/mol. The normalized spacial score (nSPS) is 10.7. The Labute approximate surface area is 164 Å². The topological polar surface area (TPSA) is 66.9 Å². The number of H-pyrrole nitrogens is 1. The molecule has 26 heavy (non-hydrogen) atoms. The summed E-state index contributed by atoms with van der Waals surface area (Å²) in [5.41, 5.74) is 1.65. The number of nitrogens with one attached hydrogen (secondary N) is 2. The zero-order chi connectivity index (χ0) is 18.7. The fourth-order valence-electron chi connectivity index (χ4n) is 2.45. The van der Waals surface area contributed by atoms with Crippen LogP contribution in [0.15, 0.2) is 58.4 Å². The molecule has 0 fully saturated rings. The number of nitrogens with zero attached hydrogens (tertiary/aromatic N) is 1. The maximum atomic E-state index is 12.4. The number of para-hydroxylation sites is 2. The summed E-state index contributed by atoms with van der Waals surface area (Å²) in [5, 5.41) is 3.95. The number of amides is 1. The lowest BCUT2D eigenvalue weighted by Crippen LogP contribution is -2.20. The first kappa shape index (κ1) is 18.6. The van der Waals surface area contributed by atoms with Gasteiger partial charge in [-0.1, -0.05) is 35.3 Å². The molecule has 0 atom stereocenters. The number of halogens is 2. The molecule has 3 aromatic rings. The molecule has 134 valence electrons. The van der Waals surface area contributed by atoms with Crippen LogP contribution in [0.3, 0.4) is 0 Å². The van der Waals surface area contributed by atoms with Gasteiger partial charge in [0.25, 0.3) is 0 Å². The van der Waals surface area contributed by atoms with Gasteiger partial charge < -0.3 is 10.3 Å². The molecule has 0 spiro atoms. The molecule has 0 bridgehead atoms. The van der Waals surface area contributed by atoms with Gasteiger partial charge in [0.2, 0.25) is 5.91 Å². The Morgan fingerprint density at radius 3 is 2.73 bits per heavy atom. The third kappa shape index (κ3) is 4.15. The molecule has 1 aromatic heterocycles. The summed E-state index contributed by atoms with van der Waals surface area (Å²) in [6.45, 7) is 1.81. The van der Waals surface area contributed by atoms with E-state index in [2.05, 4.69) is 10.3 Å². The van der Waals surface area contributed by atoms with E-state index in [1.54, 1.807) is 42.6 Å². The van der Waals surface area contributed by atoms with Crippen LogP contribution in [0, 0.1) is 6.92 Å². The van der Waals surface area contributed by atoms with Crippen molar-refractivity contribution in [3.63, 3.8) is 0 Å². The van der Waals surface area contributed by atoms with Crippen molar-refractivity contribution in [3.8, 4) is 5.69 Å². The van der Waals surface area contributed by atoms with E-state index in [4.69, 9.17) is 23.2 Å². The molecular formula is C18H15Cl2N3O2S. The van der Waals surface area contributed by atoms with Gasteiger partial charge in [0.15, 0.2) is 0 Å². The summed E-state index contributed by atoms with van der Waals surface area (Å²) in [7, 11) is 0. The smallest absolute Gasteiger partial charge is 0.324 e. The second-order valence-corrected chi connectivity index (χ2v) is 7.36. The molecule has 1 amide bonds. The van der Waals surface area contributed by atoms with Crippen molar-refractivity contribution >= 4 is 46.6 Å². The molecule has 0 aliphatic heterocycles. The van der Waals surface area contributed by atoms with E-state index in [0.717, 1.165) is 10.6 Å². The predicted molar refractivity (Wildman–Crippen MR) is 107 cm³/mol. The van der Waals surface area contributed by atoms with Crippen LogP contribution in [0.1, 0.15) is 5.69 Å². The average Bonchev–Trinajstić information content (AvgIpc) is 2.95. The number of imidazole rings is 1. The molecule has 5 nitrogen and oxygen atoms in total. The van der Waals surface area contributed by atoms with Crippen LogP contribution in [-0.4, -0.2) is 21.2 Å². The fraction of sp³-hybridized carbons (Fsp3) is 0.111. The highest BCUT2D eigenvalue weighted by Gasteiger charge is 2.13. The van der Waals surface area contributed by atoms with Crippen LogP contribution in [-0.2, 0) is 4.79 Å². The first-order chi connectivity index (χ1) is 12.5. The van der Waals surface area contributed by atoms with Gasteiger partial charge in [-0.25, -0.2) is 4.79 Å². The molecule has 0 saturated heterocycles. The van der Waals surface area contributed by atoms with Crippen molar-refractivity contribution in [1.29, 1.82) is 0 Å². The molecule has 3 rings (SSSR count). The number of carbonyl (C=O) groups is 1. The van der Waals surface area contributed by atoms with Crippen molar-refractivity contribution in [2.45, 2.75) is 11.8 Å². The zero-order valence-corrected chi connectivity index (χ0v) is 16.1. The summed E-state index contributed by atoms with van der Waals surface area (Å²) < 4.78 is 1.51. The summed E-state index contributed by atoms with van der Waals surface area (Å²) in [6, 6.07) is 12.2. The van der Waals surface area contributed by atoms with Crippen LogP contribution in [0.25, 0.3) is 5.69 Å². The number of thioether (sulfide) groups is 1. The van der Waals surface area contributed by atoms with E-state index >= 15 is 0 Å². The van der Waals surface area contributed by atoms with Crippen molar-refractivity contribution in [3.05, 3.63) is 74.9 Å². The maximum Gasteiger partial charge on any atom is 0.330 e. The molecule has 0 unspecified atom stereocenters. The van der Waals surface area contributed by atoms with Crippen molar-refractivity contribution in [1.82, 2.24) is 9.55 Å².